The van der Waals surface area contributed by atoms with E-state index in [9.17, 15) is 4.79 Å². The van der Waals surface area contributed by atoms with Crippen LogP contribution in [0.15, 0.2) is 22.7 Å². The van der Waals surface area contributed by atoms with Crippen LogP contribution in [0.2, 0.25) is 0 Å². The minimum absolute atomic E-state index is 0.0164. The van der Waals surface area contributed by atoms with Crippen LogP contribution in [0, 0.1) is 0 Å². The van der Waals surface area contributed by atoms with Gasteiger partial charge in [-0.15, -0.1) is 0 Å². The minimum Gasteiger partial charge on any atom is -0.484 e. The van der Waals surface area contributed by atoms with Crippen LogP contribution in [0.4, 0.5) is 0 Å². The molecule has 0 spiro atoms. The lowest BCUT2D eigenvalue weighted by Crippen LogP contribution is -2.31. The van der Waals surface area contributed by atoms with Crippen molar-refractivity contribution in [1.29, 1.82) is 0 Å². The maximum Gasteiger partial charge on any atom is 0.260 e. The van der Waals surface area contributed by atoms with Gasteiger partial charge in [-0.25, -0.2) is 0 Å². The summed E-state index contributed by atoms with van der Waals surface area (Å²) in [6.07, 6.45) is 0. The number of carbonyl (C=O) groups excluding carboxylic acids is 1. The zero-order valence-electron chi connectivity index (χ0n) is 12.6. The fourth-order valence-corrected chi connectivity index (χ4v) is 1.91. The van der Waals surface area contributed by atoms with Crippen molar-refractivity contribution < 1.29 is 9.53 Å². The van der Waals surface area contributed by atoms with Crippen LogP contribution in [0.1, 0.15) is 26.3 Å². The molecule has 4 nitrogen and oxygen atoms in total. The van der Waals surface area contributed by atoms with Crippen molar-refractivity contribution in [2.24, 2.45) is 0 Å². The molecule has 1 N–H and O–H groups in total. The van der Waals surface area contributed by atoms with E-state index in [2.05, 4.69) is 35.1 Å². The Labute approximate surface area is 129 Å². The molecule has 0 atom stereocenters. The quantitative estimate of drug-likeness (QED) is 0.828. The normalized spacial score (nSPS) is 10.7. The average molecular weight is 343 g/mol. The highest BCUT2D eigenvalue weighted by Gasteiger charge is 2.08. The van der Waals surface area contributed by atoms with Crippen LogP contribution in [-0.2, 0) is 11.3 Å². The number of nitrogens with one attached hydrogen (secondary N) is 1. The van der Waals surface area contributed by atoms with Crippen molar-refractivity contribution in [2.45, 2.75) is 33.4 Å². The van der Waals surface area contributed by atoms with E-state index in [0.29, 0.717) is 18.3 Å². The Hall–Kier alpha value is -1.07. The highest BCUT2D eigenvalue weighted by atomic mass is 79.9. The van der Waals surface area contributed by atoms with Gasteiger partial charge in [0.2, 0.25) is 0 Å². The lowest BCUT2D eigenvalue weighted by molar-refractivity contribution is -0.131. The van der Waals surface area contributed by atoms with E-state index in [1.54, 1.807) is 11.9 Å². The SMILES string of the molecule is CCN(C)C(=O)COc1ccc(Br)c(CNC(C)C)c1. The number of nitrogens with zero attached hydrogens (tertiary/aromatic N) is 1. The first-order valence-corrected chi connectivity index (χ1v) is 7.62. The molecule has 1 aromatic carbocycles. The molecule has 0 aromatic heterocycles. The summed E-state index contributed by atoms with van der Waals surface area (Å²) in [5.41, 5.74) is 1.12. The van der Waals surface area contributed by atoms with Gasteiger partial charge in [-0.2, -0.15) is 0 Å². The van der Waals surface area contributed by atoms with E-state index in [-0.39, 0.29) is 12.5 Å². The predicted molar refractivity (Wildman–Crippen MR) is 84.9 cm³/mol. The van der Waals surface area contributed by atoms with Gasteiger partial charge in [-0.05, 0) is 30.7 Å². The highest BCUT2D eigenvalue weighted by Crippen LogP contribution is 2.22. The van der Waals surface area contributed by atoms with Crippen molar-refractivity contribution in [1.82, 2.24) is 10.2 Å². The van der Waals surface area contributed by atoms with Crippen LogP contribution in [-0.4, -0.2) is 37.0 Å². The number of ether oxygens (including phenoxy) is 1. The molecule has 0 saturated heterocycles. The van der Waals surface area contributed by atoms with Crippen molar-refractivity contribution in [3.05, 3.63) is 28.2 Å². The summed E-state index contributed by atoms with van der Waals surface area (Å²) in [6.45, 7) is 7.67. The molecule has 0 aliphatic heterocycles. The lowest BCUT2D eigenvalue weighted by atomic mass is 10.2. The predicted octanol–water partition coefficient (Wildman–Crippen LogP) is 2.80. The first-order chi connectivity index (χ1) is 9.43. The molecule has 0 aliphatic carbocycles. The van der Waals surface area contributed by atoms with Gasteiger partial charge >= 0.3 is 0 Å². The van der Waals surface area contributed by atoms with Gasteiger partial charge in [0.25, 0.3) is 5.91 Å². The molecule has 20 heavy (non-hydrogen) atoms. The number of halogens is 1. The third kappa shape index (κ3) is 5.51. The molecule has 0 unspecified atom stereocenters. The highest BCUT2D eigenvalue weighted by molar-refractivity contribution is 9.10. The van der Waals surface area contributed by atoms with Crippen LogP contribution >= 0.6 is 15.9 Å². The molecule has 0 bridgehead atoms. The van der Waals surface area contributed by atoms with Crippen LogP contribution in [0.3, 0.4) is 0 Å². The van der Waals surface area contributed by atoms with E-state index >= 15 is 0 Å². The fraction of sp³-hybridized carbons (Fsp3) is 0.533. The second-order valence-electron chi connectivity index (χ2n) is 4.99. The fourth-order valence-electron chi connectivity index (χ4n) is 1.52. The first kappa shape index (κ1) is 17.0. The summed E-state index contributed by atoms with van der Waals surface area (Å²) in [5, 5.41) is 3.36. The maximum absolute atomic E-state index is 11.7. The molecule has 0 heterocycles. The maximum atomic E-state index is 11.7. The topological polar surface area (TPSA) is 41.6 Å². The summed E-state index contributed by atoms with van der Waals surface area (Å²) in [7, 11) is 1.77. The molecule has 5 heteroatoms. The summed E-state index contributed by atoms with van der Waals surface area (Å²) >= 11 is 3.52. The number of rotatable bonds is 7. The van der Waals surface area contributed by atoms with E-state index in [0.717, 1.165) is 16.6 Å². The monoisotopic (exact) mass is 342 g/mol. The standard InChI is InChI=1S/C15H23BrN2O2/c1-5-18(4)15(19)10-20-13-6-7-14(16)12(8-13)9-17-11(2)3/h6-8,11,17H,5,9-10H2,1-4H3. The molecule has 0 fully saturated rings. The molecule has 1 amide bonds. The van der Waals surface area contributed by atoms with Crippen molar-refractivity contribution in [3.63, 3.8) is 0 Å². The van der Waals surface area contributed by atoms with E-state index in [1.165, 1.54) is 0 Å². The molecular formula is C15H23BrN2O2. The molecular weight excluding hydrogens is 320 g/mol. The lowest BCUT2D eigenvalue weighted by Gasteiger charge is -2.16. The Balaban J connectivity index is 2.63. The third-order valence-corrected chi connectivity index (χ3v) is 3.75. The zero-order chi connectivity index (χ0) is 15.1. The molecule has 0 radical (unpaired) electrons. The molecule has 0 aliphatic rings. The van der Waals surface area contributed by atoms with Gasteiger partial charge < -0.3 is 15.0 Å². The number of amides is 1. The minimum atomic E-state index is -0.0164. The summed E-state index contributed by atoms with van der Waals surface area (Å²) < 4.78 is 6.59. The Morgan fingerprint density at radius 3 is 2.75 bits per heavy atom. The average Bonchev–Trinajstić information content (AvgIpc) is 2.43. The Morgan fingerprint density at radius 2 is 2.15 bits per heavy atom. The Kier molecular flexibility index (Phi) is 7.02. The summed E-state index contributed by atoms with van der Waals surface area (Å²) in [4.78, 5) is 13.3. The first-order valence-electron chi connectivity index (χ1n) is 6.82. The summed E-state index contributed by atoms with van der Waals surface area (Å²) in [5.74, 6) is 0.698. The smallest absolute Gasteiger partial charge is 0.260 e. The second kappa shape index (κ2) is 8.27. The van der Waals surface area contributed by atoms with Crippen molar-refractivity contribution >= 4 is 21.8 Å². The van der Waals surface area contributed by atoms with Gasteiger partial charge in [0.15, 0.2) is 6.61 Å². The molecule has 0 saturated carbocycles. The van der Waals surface area contributed by atoms with Gasteiger partial charge in [-0.3, -0.25) is 4.79 Å². The zero-order valence-corrected chi connectivity index (χ0v) is 14.2. The van der Waals surface area contributed by atoms with E-state index in [1.807, 2.05) is 25.1 Å². The van der Waals surface area contributed by atoms with Gasteiger partial charge in [-0.1, -0.05) is 29.8 Å². The van der Waals surface area contributed by atoms with Crippen LogP contribution in [0.5, 0.6) is 5.75 Å². The number of hydrogen-bond donors (Lipinski definition) is 1. The molecule has 1 aromatic rings. The van der Waals surface area contributed by atoms with Crippen molar-refractivity contribution in [2.75, 3.05) is 20.2 Å². The van der Waals surface area contributed by atoms with E-state index < -0.39 is 0 Å². The number of hydrogen-bond acceptors (Lipinski definition) is 3. The van der Waals surface area contributed by atoms with Crippen LogP contribution in [0.25, 0.3) is 0 Å². The Bertz CT molecular complexity index is 449. The van der Waals surface area contributed by atoms with Crippen molar-refractivity contribution in [3.8, 4) is 5.75 Å². The third-order valence-electron chi connectivity index (χ3n) is 2.98. The van der Waals surface area contributed by atoms with Gasteiger partial charge in [0, 0.05) is 30.7 Å². The molecule has 1 rings (SSSR count). The molecule has 112 valence electrons. The Morgan fingerprint density at radius 1 is 1.45 bits per heavy atom. The van der Waals surface area contributed by atoms with Gasteiger partial charge in [0.05, 0.1) is 0 Å². The number of carbonyl (C=O) groups is 1. The van der Waals surface area contributed by atoms with E-state index in [4.69, 9.17) is 4.74 Å². The van der Waals surface area contributed by atoms with Gasteiger partial charge in [0.1, 0.15) is 5.75 Å². The number of likely N-dealkylation sites (N-methyl/N-ethyl adjacent to an activating group) is 1. The largest absolute Gasteiger partial charge is 0.484 e. The number of benzene rings is 1. The van der Waals surface area contributed by atoms with Crippen LogP contribution < -0.4 is 10.1 Å². The second-order valence-corrected chi connectivity index (χ2v) is 5.84. The summed E-state index contributed by atoms with van der Waals surface area (Å²) in [6, 6.07) is 6.19.